The molecule has 0 unspecified atom stereocenters. The van der Waals surface area contributed by atoms with Crippen molar-refractivity contribution >= 4 is 27.5 Å². The van der Waals surface area contributed by atoms with E-state index in [1.54, 1.807) is 0 Å². The number of fused-ring (bicyclic) bond motifs is 1. The van der Waals surface area contributed by atoms with E-state index in [1.807, 2.05) is 36.4 Å². The van der Waals surface area contributed by atoms with Crippen LogP contribution in [0.2, 0.25) is 0 Å². The molecule has 3 rings (SSSR count). The molecule has 1 amide bonds. The SMILES string of the molecule is NCc1cc(Br)cc(Oc2ccc3c(c2)CCC(=O)N3)c1. The first-order valence-electron chi connectivity index (χ1n) is 6.74. The van der Waals surface area contributed by atoms with Crippen molar-refractivity contribution in [2.45, 2.75) is 19.4 Å². The van der Waals surface area contributed by atoms with E-state index in [1.165, 1.54) is 0 Å². The van der Waals surface area contributed by atoms with E-state index in [4.69, 9.17) is 10.5 Å². The molecule has 0 saturated carbocycles. The van der Waals surface area contributed by atoms with Crippen LogP contribution in [0.1, 0.15) is 17.5 Å². The zero-order valence-electron chi connectivity index (χ0n) is 11.4. The molecule has 5 heteroatoms. The number of nitrogens with one attached hydrogen (secondary N) is 1. The summed E-state index contributed by atoms with van der Waals surface area (Å²) in [4.78, 5) is 11.4. The van der Waals surface area contributed by atoms with Gasteiger partial charge in [0, 0.05) is 23.1 Å². The molecular weight excluding hydrogens is 332 g/mol. The third-order valence-electron chi connectivity index (χ3n) is 3.37. The number of halogens is 1. The van der Waals surface area contributed by atoms with Gasteiger partial charge in [-0.25, -0.2) is 0 Å². The number of hydrogen-bond acceptors (Lipinski definition) is 3. The normalized spacial score (nSPS) is 13.5. The summed E-state index contributed by atoms with van der Waals surface area (Å²) in [5, 5.41) is 2.86. The van der Waals surface area contributed by atoms with Crippen molar-refractivity contribution in [2.24, 2.45) is 5.73 Å². The maximum absolute atomic E-state index is 11.4. The summed E-state index contributed by atoms with van der Waals surface area (Å²) in [7, 11) is 0. The van der Waals surface area contributed by atoms with Gasteiger partial charge in [-0.05, 0) is 53.9 Å². The lowest BCUT2D eigenvalue weighted by atomic mass is 10.0. The van der Waals surface area contributed by atoms with Crippen molar-refractivity contribution in [1.29, 1.82) is 0 Å². The minimum atomic E-state index is 0.0655. The molecule has 3 N–H and O–H groups in total. The van der Waals surface area contributed by atoms with E-state index in [0.717, 1.165) is 39.2 Å². The molecule has 0 atom stereocenters. The van der Waals surface area contributed by atoms with Gasteiger partial charge < -0.3 is 15.8 Å². The van der Waals surface area contributed by atoms with Crippen molar-refractivity contribution in [2.75, 3.05) is 5.32 Å². The number of aryl methyl sites for hydroxylation is 1. The lowest BCUT2D eigenvalue weighted by molar-refractivity contribution is -0.116. The number of nitrogens with two attached hydrogens (primary N) is 1. The molecule has 2 aromatic rings. The van der Waals surface area contributed by atoms with Crippen LogP contribution in [0.15, 0.2) is 40.9 Å². The van der Waals surface area contributed by atoms with Gasteiger partial charge in [-0.1, -0.05) is 15.9 Å². The largest absolute Gasteiger partial charge is 0.457 e. The molecule has 2 aromatic carbocycles. The monoisotopic (exact) mass is 346 g/mol. The van der Waals surface area contributed by atoms with Crippen molar-refractivity contribution in [3.8, 4) is 11.5 Å². The van der Waals surface area contributed by atoms with Crippen LogP contribution >= 0.6 is 15.9 Å². The molecule has 0 bridgehead atoms. The van der Waals surface area contributed by atoms with Crippen molar-refractivity contribution < 1.29 is 9.53 Å². The van der Waals surface area contributed by atoms with Crippen LogP contribution in [0.25, 0.3) is 0 Å². The molecule has 1 aliphatic heterocycles. The highest BCUT2D eigenvalue weighted by atomic mass is 79.9. The van der Waals surface area contributed by atoms with E-state index in [2.05, 4.69) is 21.2 Å². The summed E-state index contributed by atoms with van der Waals surface area (Å²) in [6.45, 7) is 0.464. The lowest BCUT2D eigenvalue weighted by Crippen LogP contribution is -2.18. The summed E-state index contributed by atoms with van der Waals surface area (Å²) >= 11 is 3.45. The van der Waals surface area contributed by atoms with Gasteiger partial charge in [0.2, 0.25) is 5.91 Å². The average molecular weight is 347 g/mol. The molecule has 0 aliphatic carbocycles. The second-order valence-electron chi connectivity index (χ2n) is 4.97. The fraction of sp³-hybridized carbons (Fsp3) is 0.188. The molecule has 1 heterocycles. The standard InChI is InChI=1S/C16H15BrN2O2/c17-12-5-10(9-18)6-14(8-12)21-13-2-3-15-11(7-13)1-4-16(20)19-15/h2-3,5-8H,1,4,9,18H2,(H,19,20). The first-order chi connectivity index (χ1) is 10.1. The van der Waals surface area contributed by atoms with Crippen LogP contribution in [-0.2, 0) is 17.8 Å². The van der Waals surface area contributed by atoms with E-state index >= 15 is 0 Å². The summed E-state index contributed by atoms with van der Waals surface area (Å²) in [6.07, 6.45) is 1.26. The number of amides is 1. The maximum atomic E-state index is 11.4. The van der Waals surface area contributed by atoms with Crippen LogP contribution < -0.4 is 15.8 Å². The first-order valence-corrected chi connectivity index (χ1v) is 7.53. The Labute approximate surface area is 131 Å². The fourth-order valence-corrected chi connectivity index (χ4v) is 2.88. The number of hydrogen-bond donors (Lipinski definition) is 2. The molecule has 4 nitrogen and oxygen atoms in total. The summed E-state index contributed by atoms with van der Waals surface area (Å²) in [6, 6.07) is 11.5. The molecular formula is C16H15BrN2O2. The number of rotatable bonds is 3. The molecule has 0 fully saturated rings. The molecule has 1 aliphatic rings. The third-order valence-corrected chi connectivity index (χ3v) is 3.83. The minimum Gasteiger partial charge on any atom is -0.457 e. The van der Waals surface area contributed by atoms with Crippen LogP contribution in [0.3, 0.4) is 0 Å². The van der Waals surface area contributed by atoms with E-state index in [0.29, 0.717) is 13.0 Å². The molecule has 21 heavy (non-hydrogen) atoms. The second-order valence-corrected chi connectivity index (χ2v) is 5.88. The average Bonchev–Trinajstić information content (AvgIpc) is 2.47. The molecule has 0 radical (unpaired) electrons. The topological polar surface area (TPSA) is 64.3 Å². The van der Waals surface area contributed by atoms with Gasteiger partial charge in [-0.15, -0.1) is 0 Å². The predicted octanol–water partition coefficient (Wildman–Crippen LogP) is 3.58. The lowest BCUT2D eigenvalue weighted by Gasteiger charge is -2.17. The van der Waals surface area contributed by atoms with Gasteiger partial charge in [-0.3, -0.25) is 4.79 Å². The minimum absolute atomic E-state index is 0.0655. The van der Waals surface area contributed by atoms with Crippen LogP contribution in [-0.4, -0.2) is 5.91 Å². The molecule has 108 valence electrons. The van der Waals surface area contributed by atoms with Crippen molar-refractivity contribution in [3.63, 3.8) is 0 Å². The van der Waals surface area contributed by atoms with Gasteiger partial charge in [0.25, 0.3) is 0 Å². The third kappa shape index (κ3) is 3.25. The Bertz CT molecular complexity index is 701. The zero-order valence-corrected chi connectivity index (χ0v) is 12.9. The number of carbonyl (C=O) groups is 1. The highest BCUT2D eigenvalue weighted by Gasteiger charge is 2.15. The Morgan fingerprint density at radius 3 is 2.81 bits per heavy atom. The fourth-order valence-electron chi connectivity index (χ4n) is 2.36. The Morgan fingerprint density at radius 2 is 2.00 bits per heavy atom. The Morgan fingerprint density at radius 1 is 1.14 bits per heavy atom. The number of benzene rings is 2. The van der Waals surface area contributed by atoms with Crippen molar-refractivity contribution in [1.82, 2.24) is 0 Å². The van der Waals surface area contributed by atoms with Crippen LogP contribution in [0, 0.1) is 0 Å². The summed E-state index contributed by atoms with van der Waals surface area (Å²) in [5.41, 5.74) is 8.64. The highest BCUT2D eigenvalue weighted by Crippen LogP contribution is 2.31. The van der Waals surface area contributed by atoms with Gasteiger partial charge in [0.1, 0.15) is 11.5 Å². The number of carbonyl (C=O) groups excluding carboxylic acids is 1. The van der Waals surface area contributed by atoms with Gasteiger partial charge in [-0.2, -0.15) is 0 Å². The Kier molecular flexibility index (Phi) is 3.94. The number of ether oxygens (including phenoxy) is 1. The van der Waals surface area contributed by atoms with Gasteiger partial charge >= 0.3 is 0 Å². The first kappa shape index (κ1) is 14.1. The zero-order chi connectivity index (χ0) is 14.8. The van der Waals surface area contributed by atoms with Gasteiger partial charge in [0.05, 0.1) is 0 Å². The summed E-state index contributed by atoms with van der Waals surface area (Å²) < 4.78 is 6.83. The number of anilines is 1. The Balaban J connectivity index is 1.85. The van der Waals surface area contributed by atoms with E-state index < -0.39 is 0 Å². The van der Waals surface area contributed by atoms with E-state index in [9.17, 15) is 4.79 Å². The molecule has 0 spiro atoms. The predicted molar refractivity (Wildman–Crippen MR) is 85.5 cm³/mol. The van der Waals surface area contributed by atoms with Gasteiger partial charge in [0.15, 0.2) is 0 Å². The van der Waals surface area contributed by atoms with Crippen LogP contribution in [0.4, 0.5) is 5.69 Å². The highest BCUT2D eigenvalue weighted by molar-refractivity contribution is 9.10. The molecule has 0 aromatic heterocycles. The smallest absolute Gasteiger partial charge is 0.224 e. The van der Waals surface area contributed by atoms with Crippen molar-refractivity contribution in [3.05, 3.63) is 52.0 Å². The van der Waals surface area contributed by atoms with E-state index in [-0.39, 0.29) is 5.91 Å². The summed E-state index contributed by atoms with van der Waals surface area (Å²) in [5.74, 6) is 1.56. The maximum Gasteiger partial charge on any atom is 0.224 e. The molecule has 0 saturated heterocycles. The Hall–Kier alpha value is -1.85. The quantitative estimate of drug-likeness (QED) is 0.892. The van der Waals surface area contributed by atoms with Crippen LogP contribution in [0.5, 0.6) is 11.5 Å². The second kappa shape index (κ2) is 5.87.